The Morgan fingerprint density at radius 1 is 1.12 bits per heavy atom. The van der Waals surface area contributed by atoms with E-state index in [1.54, 1.807) is 0 Å². The molecule has 4 heteroatoms. The molecule has 0 unspecified atom stereocenters. The van der Waals surface area contributed by atoms with Gasteiger partial charge < -0.3 is 4.74 Å². The first-order valence-corrected chi connectivity index (χ1v) is 8.47. The van der Waals surface area contributed by atoms with Crippen LogP contribution in [0.4, 0.5) is 0 Å². The zero-order valence-electron chi connectivity index (χ0n) is 14.2. The van der Waals surface area contributed by atoms with E-state index < -0.39 is 0 Å². The summed E-state index contributed by atoms with van der Waals surface area (Å²) in [6, 6.07) is 14.2. The summed E-state index contributed by atoms with van der Waals surface area (Å²) < 4.78 is 7.08. The van der Waals surface area contributed by atoms with Gasteiger partial charge in [0.1, 0.15) is 11.3 Å². The number of aryl methyl sites for hydroxylation is 1. The molecule has 0 aliphatic heterocycles. The summed E-state index contributed by atoms with van der Waals surface area (Å²) in [6.45, 7) is 5.11. The van der Waals surface area contributed by atoms with Crippen molar-refractivity contribution in [3.8, 4) is 11.3 Å². The Hall–Kier alpha value is -2.62. The maximum atomic E-state index is 12.4. The summed E-state index contributed by atoms with van der Waals surface area (Å²) in [6.07, 6.45) is 3.92. The van der Waals surface area contributed by atoms with E-state index >= 15 is 0 Å². The smallest absolute Gasteiger partial charge is 0.341 e. The van der Waals surface area contributed by atoms with Crippen LogP contribution in [0.1, 0.15) is 37.0 Å². The molecule has 0 saturated carbocycles. The normalized spacial score (nSPS) is 10.9. The Morgan fingerprint density at radius 3 is 2.71 bits per heavy atom. The summed E-state index contributed by atoms with van der Waals surface area (Å²) in [5.74, 6) is -0.316. The summed E-state index contributed by atoms with van der Waals surface area (Å²) in [4.78, 5) is 12.4. The van der Waals surface area contributed by atoms with Crippen molar-refractivity contribution in [3.63, 3.8) is 0 Å². The van der Waals surface area contributed by atoms with Gasteiger partial charge in [0.05, 0.1) is 6.61 Å². The van der Waals surface area contributed by atoms with Crippen LogP contribution < -0.4 is 0 Å². The molecule has 1 heterocycles. The van der Waals surface area contributed by atoms with Crippen molar-refractivity contribution in [1.29, 1.82) is 0 Å². The summed E-state index contributed by atoms with van der Waals surface area (Å²) in [5, 5.41) is 6.91. The van der Waals surface area contributed by atoms with Gasteiger partial charge in [-0.1, -0.05) is 55.8 Å². The highest BCUT2D eigenvalue weighted by atomic mass is 16.5. The molecule has 0 N–H and O–H groups in total. The Kier molecular flexibility index (Phi) is 4.94. The van der Waals surface area contributed by atoms with Crippen molar-refractivity contribution in [3.05, 3.63) is 54.2 Å². The molecule has 0 spiro atoms. The van der Waals surface area contributed by atoms with Gasteiger partial charge in [0.25, 0.3) is 0 Å². The van der Waals surface area contributed by atoms with Crippen molar-refractivity contribution in [1.82, 2.24) is 9.78 Å². The number of rotatable bonds is 6. The van der Waals surface area contributed by atoms with Crippen LogP contribution in [0, 0.1) is 0 Å². The first-order valence-electron chi connectivity index (χ1n) is 8.47. The summed E-state index contributed by atoms with van der Waals surface area (Å²) >= 11 is 0. The van der Waals surface area contributed by atoms with Crippen molar-refractivity contribution in [2.75, 3.05) is 6.61 Å². The van der Waals surface area contributed by atoms with Crippen LogP contribution in [-0.4, -0.2) is 22.4 Å². The molecule has 0 aliphatic rings. The molecule has 0 aliphatic carbocycles. The molecule has 0 radical (unpaired) electrons. The Balaban J connectivity index is 2.13. The molecule has 0 fully saturated rings. The lowest BCUT2D eigenvalue weighted by molar-refractivity contribution is 0.0527. The molecular weight excluding hydrogens is 300 g/mol. The number of aromatic nitrogens is 2. The Labute approximate surface area is 142 Å². The molecule has 0 bridgehead atoms. The predicted octanol–water partition coefficient (Wildman–Crippen LogP) is 4.68. The van der Waals surface area contributed by atoms with E-state index in [4.69, 9.17) is 4.74 Å². The van der Waals surface area contributed by atoms with Crippen LogP contribution in [0.15, 0.2) is 48.7 Å². The maximum absolute atomic E-state index is 12.4. The average Bonchev–Trinajstić information content (AvgIpc) is 3.04. The van der Waals surface area contributed by atoms with Crippen LogP contribution in [0.2, 0.25) is 0 Å². The molecule has 1 aromatic heterocycles. The van der Waals surface area contributed by atoms with E-state index in [9.17, 15) is 4.79 Å². The van der Waals surface area contributed by atoms with Crippen molar-refractivity contribution in [2.45, 2.75) is 33.2 Å². The summed E-state index contributed by atoms with van der Waals surface area (Å²) in [5.41, 5.74) is 2.19. The van der Waals surface area contributed by atoms with Crippen molar-refractivity contribution >= 4 is 16.7 Å². The second-order valence-corrected chi connectivity index (χ2v) is 5.76. The van der Waals surface area contributed by atoms with E-state index in [0.717, 1.165) is 35.7 Å². The quantitative estimate of drug-likeness (QED) is 0.619. The van der Waals surface area contributed by atoms with Gasteiger partial charge >= 0.3 is 5.97 Å². The minimum Gasteiger partial charge on any atom is -0.462 e. The predicted molar refractivity (Wildman–Crippen MR) is 96.0 cm³/mol. The van der Waals surface area contributed by atoms with Gasteiger partial charge in [0, 0.05) is 18.3 Å². The first kappa shape index (κ1) is 16.2. The zero-order chi connectivity index (χ0) is 16.9. The number of nitrogens with zero attached hydrogens (tertiary/aromatic N) is 2. The fraction of sp³-hybridized carbons (Fsp3) is 0.300. The van der Waals surface area contributed by atoms with Crippen molar-refractivity contribution in [2.24, 2.45) is 0 Å². The number of esters is 1. The number of benzene rings is 2. The average molecular weight is 322 g/mol. The molecule has 0 atom stereocenters. The molecule has 3 rings (SSSR count). The lowest BCUT2D eigenvalue weighted by Gasteiger charge is -2.06. The lowest BCUT2D eigenvalue weighted by atomic mass is 10.0. The number of hydrogen-bond acceptors (Lipinski definition) is 3. The van der Waals surface area contributed by atoms with Crippen LogP contribution in [0.5, 0.6) is 0 Å². The Bertz CT molecular complexity index is 846. The van der Waals surface area contributed by atoms with Crippen LogP contribution in [0.3, 0.4) is 0 Å². The fourth-order valence-electron chi connectivity index (χ4n) is 2.85. The van der Waals surface area contributed by atoms with Crippen LogP contribution in [-0.2, 0) is 11.3 Å². The highest BCUT2D eigenvalue weighted by Gasteiger charge is 2.20. The monoisotopic (exact) mass is 322 g/mol. The summed E-state index contributed by atoms with van der Waals surface area (Å²) in [7, 11) is 0. The van der Waals surface area contributed by atoms with Crippen molar-refractivity contribution < 1.29 is 9.53 Å². The molecule has 2 aromatic carbocycles. The third kappa shape index (κ3) is 3.18. The van der Waals surface area contributed by atoms with Gasteiger partial charge in [0.15, 0.2) is 0 Å². The first-order chi connectivity index (χ1) is 11.7. The molecule has 3 aromatic rings. The highest BCUT2D eigenvalue weighted by Crippen LogP contribution is 2.30. The van der Waals surface area contributed by atoms with Gasteiger partial charge in [-0.3, -0.25) is 4.68 Å². The minimum absolute atomic E-state index is 0.316. The van der Waals surface area contributed by atoms with Crippen LogP contribution >= 0.6 is 0 Å². The number of unbranched alkanes of at least 4 members (excludes halogenated alkanes) is 1. The van der Waals surface area contributed by atoms with Gasteiger partial charge in [-0.05, 0) is 24.1 Å². The molecule has 0 saturated heterocycles. The number of hydrogen-bond donors (Lipinski definition) is 0. The molecular formula is C20H22N2O2. The fourth-order valence-corrected chi connectivity index (χ4v) is 2.85. The second-order valence-electron chi connectivity index (χ2n) is 5.76. The molecule has 4 nitrogen and oxygen atoms in total. The maximum Gasteiger partial charge on any atom is 0.341 e. The molecule has 0 amide bonds. The number of carbonyl (C=O) groups excluding carboxylic acids is 1. The van der Waals surface area contributed by atoms with E-state index in [2.05, 4.69) is 30.2 Å². The van der Waals surface area contributed by atoms with Gasteiger partial charge in [0.2, 0.25) is 0 Å². The number of fused-ring (bicyclic) bond motifs is 1. The molecule has 24 heavy (non-hydrogen) atoms. The van der Waals surface area contributed by atoms with E-state index in [1.165, 1.54) is 0 Å². The van der Waals surface area contributed by atoms with E-state index in [0.29, 0.717) is 17.9 Å². The topological polar surface area (TPSA) is 44.1 Å². The van der Waals surface area contributed by atoms with Gasteiger partial charge in [-0.15, -0.1) is 0 Å². The zero-order valence-corrected chi connectivity index (χ0v) is 14.2. The SMILES string of the molecule is CCCCn1cc(C(=O)OCC)c(-c2cccc3ccccc23)n1. The van der Waals surface area contributed by atoms with Gasteiger partial charge in [-0.2, -0.15) is 5.10 Å². The third-order valence-corrected chi connectivity index (χ3v) is 4.04. The van der Waals surface area contributed by atoms with E-state index in [1.807, 2.05) is 42.1 Å². The van der Waals surface area contributed by atoms with Gasteiger partial charge in [-0.25, -0.2) is 4.79 Å². The number of carbonyl (C=O) groups is 1. The Morgan fingerprint density at radius 2 is 1.92 bits per heavy atom. The standard InChI is InChI=1S/C20H22N2O2/c1-3-5-13-22-14-18(20(23)24-4-2)19(21-22)17-12-8-10-15-9-6-7-11-16(15)17/h6-12,14H,3-5,13H2,1-2H3. The second kappa shape index (κ2) is 7.30. The number of ether oxygens (including phenoxy) is 1. The van der Waals surface area contributed by atoms with E-state index in [-0.39, 0.29) is 5.97 Å². The molecule has 124 valence electrons. The highest BCUT2D eigenvalue weighted by molar-refractivity contribution is 6.02. The lowest BCUT2D eigenvalue weighted by Crippen LogP contribution is -2.05. The third-order valence-electron chi connectivity index (χ3n) is 4.04. The minimum atomic E-state index is -0.316. The largest absolute Gasteiger partial charge is 0.462 e. The van der Waals surface area contributed by atoms with Crippen LogP contribution in [0.25, 0.3) is 22.0 Å².